The summed E-state index contributed by atoms with van der Waals surface area (Å²) in [5, 5.41) is 0.318. The number of hydrogen-bond acceptors (Lipinski definition) is 4. The second-order valence-electron chi connectivity index (χ2n) is 5.82. The first-order valence-electron chi connectivity index (χ1n) is 7.58. The van der Waals surface area contributed by atoms with Crippen LogP contribution in [0, 0.1) is 0 Å². The summed E-state index contributed by atoms with van der Waals surface area (Å²) in [5.74, 6) is 0.451. The van der Waals surface area contributed by atoms with Gasteiger partial charge in [0.05, 0.1) is 11.1 Å². The molecule has 2 aromatic heterocycles. The summed E-state index contributed by atoms with van der Waals surface area (Å²) >= 11 is 1.32. The first-order chi connectivity index (χ1) is 11.9. The van der Waals surface area contributed by atoms with Crippen molar-refractivity contribution in [3.8, 4) is 0 Å². The molecular formula is C17H12F3N3OS. The smallest absolute Gasteiger partial charge is 0.290 e. The SMILES string of the molecule is O=c1ncc2cc(C(F)(F)F)cc3c2n1CC(c1ccccn1)CS3. The molecule has 4 nitrogen and oxygen atoms in total. The molecule has 3 heterocycles. The van der Waals surface area contributed by atoms with Gasteiger partial charge in [0.15, 0.2) is 0 Å². The fourth-order valence-corrected chi connectivity index (χ4v) is 4.24. The number of alkyl halides is 3. The summed E-state index contributed by atoms with van der Waals surface area (Å²) < 4.78 is 41.0. The van der Waals surface area contributed by atoms with Crippen LogP contribution in [0.2, 0.25) is 0 Å². The number of hydrogen-bond donors (Lipinski definition) is 0. The third kappa shape index (κ3) is 2.90. The highest BCUT2D eigenvalue weighted by Gasteiger charge is 2.33. The van der Waals surface area contributed by atoms with E-state index in [0.717, 1.165) is 17.8 Å². The Morgan fingerprint density at radius 2 is 2.04 bits per heavy atom. The minimum atomic E-state index is -4.45. The van der Waals surface area contributed by atoms with E-state index in [1.54, 1.807) is 12.3 Å². The average molecular weight is 363 g/mol. The standard InChI is InChI=1S/C17H12F3N3OS/c18-17(19,20)12-5-10-7-22-16(24)23-8-11(13-3-1-2-4-21-13)9-25-14(6-12)15(10)23/h1-7,11H,8-9H2. The van der Waals surface area contributed by atoms with Crippen molar-refractivity contribution in [1.29, 1.82) is 0 Å². The summed E-state index contributed by atoms with van der Waals surface area (Å²) in [7, 11) is 0. The topological polar surface area (TPSA) is 47.8 Å². The molecule has 1 aliphatic heterocycles. The van der Waals surface area contributed by atoms with Crippen LogP contribution in [0.4, 0.5) is 13.2 Å². The summed E-state index contributed by atoms with van der Waals surface area (Å²) in [5.41, 5.74) is 0.127. The normalized spacial score (nSPS) is 17.5. The number of thioether (sulfide) groups is 1. The van der Waals surface area contributed by atoms with Crippen LogP contribution in [0.1, 0.15) is 17.2 Å². The third-order valence-corrected chi connectivity index (χ3v) is 5.39. The van der Waals surface area contributed by atoms with Crippen LogP contribution < -0.4 is 5.69 Å². The highest BCUT2D eigenvalue weighted by Crippen LogP contribution is 2.39. The quantitative estimate of drug-likeness (QED) is 0.661. The maximum Gasteiger partial charge on any atom is 0.416 e. The largest absolute Gasteiger partial charge is 0.416 e. The second-order valence-corrected chi connectivity index (χ2v) is 6.89. The lowest BCUT2D eigenvalue weighted by Crippen LogP contribution is -2.26. The number of aromatic nitrogens is 3. The van der Waals surface area contributed by atoms with Crippen molar-refractivity contribution in [2.45, 2.75) is 23.5 Å². The van der Waals surface area contributed by atoms with Gasteiger partial charge < -0.3 is 0 Å². The third-order valence-electron chi connectivity index (χ3n) is 4.20. The van der Waals surface area contributed by atoms with Crippen molar-refractivity contribution in [3.05, 3.63) is 64.5 Å². The molecular weight excluding hydrogens is 351 g/mol. The lowest BCUT2D eigenvalue weighted by Gasteiger charge is -2.15. The van der Waals surface area contributed by atoms with Gasteiger partial charge in [-0.3, -0.25) is 9.55 Å². The summed E-state index contributed by atoms with van der Waals surface area (Å²) in [6.45, 7) is 0.339. The molecule has 0 fully saturated rings. The van der Waals surface area contributed by atoms with Gasteiger partial charge in [0.2, 0.25) is 0 Å². The Morgan fingerprint density at radius 1 is 1.20 bits per heavy atom. The van der Waals surface area contributed by atoms with Crippen molar-refractivity contribution in [3.63, 3.8) is 0 Å². The molecule has 4 rings (SSSR count). The fraction of sp³-hybridized carbons (Fsp3) is 0.235. The monoisotopic (exact) mass is 363 g/mol. The zero-order chi connectivity index (χ0) is 17.6. The average Bonchev–Trinajstić information content (AvgIpc) is 2.79. The van der Waals surface area contributed by atoms with Crippen molar-refractivity contribution < 1.29 is 13.2 Å². The summed E-state index contributed by atoms with van der Waals surface area (Å²) in [6.07, 6.45) is -1.56. The van der Waals surface area contributed by atoms with Crippen molar-refractivity contribution in [2.75, 3.05) is 5.75 Å². The maximum absolute atomic E-state index is 13.2. The minimum absolute atomic E-state index is 0.0852. The zero-order valence-electron chi connectivity index (χ0n) is 12.8. The molecule has 1 aliphatic rings. The zero-order valence-corrected chi connectivity index (χ0v) is 13.6. The van der Waals surface area contributed by atoms with E-state index in [2.05, 4.69) is 9.97 Å². The van der Waals surface area contributed by atoms with E-state index in [4.69, 9.17) is 0 Å². The molecule has 1 unspecified atom stereocenters. The molecule has 0 bridgehead atoms. The maximum atomic E-state index is 13.2. The Labute approximate surface area is 144 Å². The van der Waals surface area contributed by atoms with Crippen LogP contribution in [0.5, 0.6) is 0 Å². The van der Waals surface area contributed by atoms with Gasteiger partial charge in [-0.2, -0.15) is 13.2 Å². The molecule has 0 spiro atoms. The van der Waals surface area contributed by atoms with Gasteiger partial charge in [-0.25, -0.2) is 9.78 Å². The first kappa shape index (κ1) is 16.1. The summed E-state index contributed by atoms with van der Waals surface area (Å²) in [4.78, 5) is 20.8. The molecule has 0 saturated heterocycles. The Morgan fingerprint density at radius 3 is 2.76 bits per heavy atom. The van der Waals surface area contributed by atoms with Crippen molar-refractivity contribution in [2.24, 2.45) is 0 Å². The van der Waals surface area contributed by atoms with E-state index in [0.29, 0.717) is 28.1 Å². The number of nitrogens with zero attached hydrogens (tertiary/aromatic N) is 3. The van der Waals surface area contributed by atoms with Gasteiger partial charge in [0.1, 0.15) is 0 Å². The van der Waals surface area contributed by atoms with E-state index in [9.17, 15) is 18.0 Å². The van der Waals surface area contributed by atoms with Gasteiger partial charge in [0.25, 0.3) is 0 Å². The number of halogens is 3. The van der Waals surface area contributed by atoms with Crippen LogP contribution in [0.3, 0.4) is 0 Å². The molecule has 0 amide bonds. The Bertz CT molecular complexity index is 1000. The second kappa shape index (κ2) is 5.87. The highest BCUT2D eigenvalue weighted by atomic mass is 32.2. The van der Waals surface area contributed by atoms with E-state index in [-0.39, 0.29) is 5.92 Å². The van der Waals surface area contributed by atoms with Gasteiger partial charge in [-0.15, -0.1) is 11.8 Å². The van der Waals surface area contributed by atoms with E-state index < -0.39 is 17.4 Å². The Kier molecular flexibility index (Phi) is 3.79. The predicted molar refractivity (Wildman–Crippen MR) is 88.7 cm³/mol. The van der Waals surface area contributed by atoms with Crippen LogP contribution in [-0.4, -0.2) is 20.3 Å². The van der Waals surface area contributed by atoms with Crippen molar-refractivity contribution >= 4 is 22.7 Å². The first-order valence-corrected chi connectivity index (χ1v) is 8.56. The molecule has 0 N–H and O–H groups in total. The van der Waals surface area contributed by atoms with E-state index in [1.165, 1.54) is 22.5 Å². The lowest BCUT2D eigenvalue weighted by atomic mass is 10.1. The molecule has 3 aromatic rings. The minimum Gasteiger partial charge on any atom is -0.290 e. The van der Waals surface area contributed by atoms with Gasteiger partial charge >= 0.3 is 11.9 Å². The van der Waals surface area contributed by atoms with E-state index in [1.807, 2.05) is 12.1 Å². The molecule has 25 heavy (non-hydrogen) atoms. The molecule has 1 aromatic carbocycles. The Hall–Kier alpha value is -2.35. The van der Waals surface area contributed by atoms with Gasteiger partial charge in [0, 0.05) is 46.6 Å². The lowest BCUT2D eigenvalue weighted by molar-refractivity contribution is -0.137. The van der Waals surface area contributed by atoms with E-state index >= 15 is 0 Å². The Balaban J connectivity index is 1.90. The summed E-state index contributed by atoms with van der Waals surface area (Å²) in [6, 6.07) is 7.68. The molecule has 8 heteroatoms. The molecule has 0 aliphatic carbocycles. The number of pyridine rings is 1. The molecule has 0 radical (unpaired) electrons. The van der Waals surface area contributed by atoms with Crippen LogP contribution >= 0.6 is 11.8 Å². The fourth-order valence-electron chi connectivity index (χ4n) is 3.01. The number of rotatable bonds is 1. The van der Waals surface area contributed by atoms with Gasteiger partial charge in [-0.1, -0.05) is 6.07 Å². The van der Waals surface area contributed by atoms with Crippen molar-refractivity contribution in [1.82, 2.24) is 14.5 Å². The van der Waals surface area contributed by atoms with Gasteiger partial charge in [-0.05, 0) is 24.3 Å². The highest BCUT2D eigenvalue weighted by molar-refractivity contribution is 7.99. The number of benzene rings is 1. The van der Waals surface area contributed by atoms with Crippen LogP contribution in [0.15, 0.2) is 52.4 Å². The van der Waals surface area contributed by atoms with Crippen LogP contribution in [0.25, 0.3) is 10.9 Å². The predicted octanol–water partition coefficient (Wildman–Crippen LogP) is 3.70. The molecule has 1 atom stereocenters. The molecule has 0 saturated carbocycles. The molecule has 128 valence electrons. The van der Waals surface area contributed by atoms with Crippen LogP contribution in [-0.2, 0) is 12.7 Å².